The van der Waals surface area contributed by atoms with Crippen molar-refractivity contribution in [2.24, 2.45) is 5.73 Å². The summed E-state index contributed by atoms with van der Waals surface area (Å²) in [5, 5.41) is 3.50. The van der Waals surface area contributed by atoms with E-state index in [1.54, 1.807) is 0 Å². The van der Waals surface area contributed by atoms with Crippen molar-refractivity contribution < 1.29 is 9.47 Å². The third kappa shape index (κ3) is 4.47. The standard InChI is InChI=1S/C16H26N2O2/c1-12(2)20-14-7-5-13(6-8-14)16(10-17)18-11-15-4-3-9-19-15/h5-8,12,15-16,18H,3-4,9-11,17H2,1-2H3. The second-order valence-corrected chi connectivity index (χ2v) is 5.57. The lowest BCUT2D eigenvalue weighted by Gasteiger charge is -2.20. The van der Waals surface area contributed by atoms with Crippen molar-refractivity contribution in [1.82, 2.24) is 5.32 Å². The zero-order valence-electron chi connectivity index (χ0n) is 12.5. The maximum atomic E-state index is 5.87. The molecule has 2 rings (SSSR count). The molecule has 1 fully saturated rings. The highest BCUT2D eigenvalue weighted by atomic mass is 16.5. The number of nitrogens with two attached hydrogens (primary N) is 1. The Morgan fingerprint density at radius 2 is 2.10 bits per heavy atom. The Morgan fingerprint density at radius 3 is 2.65 bits per heavy atom. The highest BCUT2D eigenvalue weighted by molar-refractivity contribution is 5.29. The lowest BCUT2D eigenvalue weighted by Crippen LogP contribution is -2.34. The summed E-state index contributed by atoms with van der Waals surface area (Å²) in [6, 6.07) is 8.35. The molecule has 20 heavy (non-hydrogen) atoms. The molecule has 0 radical (unpaired) electrons. The predicted octanol–water partition coefficient (Wildman–Crippen LogP) is 2.24. The van der Waals surface area contributed by atoms with E-state index in [4.69, 9.17) is 15.2 Å². The van der Waals surface area contributed by atoms with Gasteiger partial charge in [-0.3, -0.25) is 0 Å². The third-order valence-electron chi connectivity index (χ3n) is 3.51. The molecule has 0 amide bonds. The fourth-order valence-corrected chi connectivity index (χ4v) is 2.47. The van der Waals surface area contributed by atoms with Gasteiger partial charge in [-0.05, 0) is 44.4 Å². The van der Waals surface area contributed by atoms with Crippen LogP contribution in [0.25, 0.3) is 0 Å². The molecule has 0 bridgehead atoms. The van der Waals surface area contributed by atoms with Crippen LogP contribution in [0.15, 0.2) is 24.3 Å². The zero-order chi connectivity index (χ0) is 14.4. The molecule has 3 N–H and O–H groups in total. The lowest BCUT2D eigenvalue weighted by atomic mass is 10.1. The van der Waals surface area contributed by atoms with Crippen molar-refractivity contribution in [3.8, 4) is 5.75 Å². The Labute approximate surface area is 121 Å². The summed E-state index contributed by atoms with van der Waals surface area (Å²) in [7, 11) is 0. The predicted molar refractivity (Wildman–Crippen MR) is 81.0 cm³/mol. The summed E-state index contributed by atoms with van der Waals surface area (Å²) in [6.45, 7) is 6.39. The van der Waals surface area contributed by atoms with Gasteiger partial charge in [0.05, 0.1) is 12.2 Å². The van der Waals surface area contributed by atoms with Gasteiger partial charge in [-0.15, -0.1) is 0 Å². The van der Waals surface area contributed by atoms with Gasteiger partial charge in [-0.2, -0.15) is 0 Å². The van der Waals surface area contributed by atoms with Crippen LogP contribution in [0.2, 0.25) is 0 Å². The first-order chi connectivity index (χ1) is 9.69. The van der Waals surface area contributed by atoms with Crippen LogP contribution in [0, 0.1) is 0 Å². The Morgan fingerprint density at radius 1 is 1.35 bits per heavy atom. The van der Waals surface area contributed by atoms with Crippen LogP contribution in [0.5, 0.6) is 5.75 Å². The average molecular weight is 278 g/mol. The zero-order valence-corrected chi connectivity index (χ0v) is 12.5. The number of nitrogens with one attached hydrogen (secondary N) is 1. The second kappa shape index (κ2) is 7.62. The second-order valence-electron chi connectivity index (χ2n) is 5.57. The van der Waals surface area contributed by atoms with Crippen molar-refractivity contribution in [3.05, 3.63) is 29.8 Å². The summed E-state index contributed by atoms with van der Waals surface area (Å²) in [5.41, 5.74) is 7.07. The number of benzene rings is 1. The van der Waals surface area contributed by atoms with Gasteiger partial charge in [-0.1, -0.05) is 12.1 Å². The van der Waals surface area contributed by atoms with E-state index in [1.165, 1.54) is 12.0 Å². The number of rotatable bonds is 7. The minimum Gasteiger partial charge on any atom is -0.491 e. The molecule has 0 aliphatic carbocycles. The van der Waals surface area contributed by atoms with Crippen molar-refractivity contribution >= 4 is 0 Å². The van der Waals surface area contributed by atoms with E-state index in [9.17, 15) is 0 Å². The first kappa shape index (κ1) is 15.3. The van der Waals surface area contributed by atoms with Crippen molar-refractivity contribution in [2.75, 3.05) is 19.7 Å². The van der Waals surface area contributed by atoms with Gasteiger partial charge in [0.1, 0.15) is 5.75 Å². The molecule has 4 nitrogen and oxygen atoms in total. The van der Waals surface area contributed by atoms with Gasteiger partial charge >= 0.3 is 0 Å². The van der Waals surface area contributed by atoms with Gasteiger partial charge in [0.25, 0.3) is 0 Å². The quantitative estimate of drug-likeness (QED) is 0.803. The minimum absolute atomic E-state index is 0.173. The summed E-state index contributed by atoms with van der Waals surface area (Å²) < 4.78 is 11.3. The summed E-state index contributed by atoms with van der Waals surface area (Å²) in [5.74, 6) is 0.902. The fraction of sp³-hybridized carbons (Fsp3) is 0.625. The summed E-state index contributed by atoms with van der Waals surface area (Å²) >= 11 is 0. The lowest BCUT2D eigenvalue weighted by molar-refractivity contribution is 0.107. The molecule has 2 atom stereocenters. The first-order valence-electron chi connectivity index (χ1n) is 7.50. The SMILES string of the molecule is CC(C)Oc1ccc(C(CN)NCC2CCCO2)cc1. The normalized spacial score (nSPS) is 20.3. The molecule has 2 unspecified atom stereocenters. The molecular formula is C16H26N2O2. The largest absolute Gasteiger partial charge is 0.491 e. The highest BCUT2D eigenvalue weighted by Gasteiger charge is 2.17. The van der Waals surface area contributed by atoms with E-state index in [2.05, 4.69) is 17.4 Å². The smallest absolute Gasteiger partial charge is 0.119 e. The maximum absolute atomic E-state index is 5.87. The van der Waals surface area contributed by atoms with Crippen LogP contribution in [-0.2, 0) is 4.74 Å². The molecule has 0 saturated carbocycles. The highest BCUT2D eigenvalue weighted by Crippen LogP contribution is 2.19. The van der Waals surface area contributed by atoms with Gasteiger partial charge < -0.3 is 20.5 Å². The van der Waals surface area contributed by atoms with Gasteiger partial charge in [-0.25, -0.2) is 0 Å². The number of hydrogen-bond donors (Lipinski definition) is 2. The topological polar surface area (TPSA) is 56.5 Å². The average Bonchev–Trinajstić information content (AvgIpc) is 2.94. The molecule has 1 aliphatic heterocycles. The van der Waals surface area contributed by atoms with E-state index >= 15 is 0 Å². The van der Waals surface area contributed by atoms with Crippen LogP contribution in [0.3, 0.4) is 0 Å². The Hall–Kier alpha value is -1.10. The van der Waals surface area contributed by atoms with Crippen LogP contribution in [-0.4, -0.2) is 31.9 Å². The monoisotopic (exact) mass is 278 g/mol. The molecule has 1 aromatic carbocycles. The van der Waals surface area contributed by atoms with Crippen molar-refractivity contribution in [1.29, 1.82) is 0 Å². The van der Waals surface area contributed by atoms with Crippen molar-refractivity contribution in [2.45, 2.75) is 44.9 Å². The number of ether oxygens (including phenoxy) is 2. The van der Waals surface area contributed by atoms with Gasteiger partial charge in [0, 0.05) is 25.7 Å². The molecule has 1 aliphatic rings. The van der Waals surface area contributed by atoms with Crippen LogP contribution in [0.1, 0.15) is 38.3 Å². The Bertz CT molecular complexity index is 386. The summed E-state index contributed by atoms with van der Waals surface area (Å²) in [4.78, 5) is 0. The van der Waals surface area contributed by atoms with Crippen LogP contribution in [0.4, 0.5) is 0 Å². The van der Waals surface area contributed by atoms with Gasteiger partial charge in [0.2, 0.25) is 0 Å². The van der Waals surface area contributed by atoms with E-state index < -0.39 is 0 Å². The summed E-state index contributed by atoms with van der Waals surface area (Å²) in [6.07, 6.45) is 2.85. The third-order valence-corrected chi connectivity index (χ3v) is 3.51. The molecule has 0 aromatic heterocycles. The van der Waals surface area contributed by atoms with Crippen molar-refractivity contribution in [3.63, 3.8) is 0 Å². The maximum Gasteiger partial charge on any atom is 0.119 e. The molecule has 1 aromatic rings. The molecule has 1 heterocycles. The van der Waals surface area contributed by atoms with E-state index in [0.29, 0.717) is 12.6 Å². The molecule has 112 valence electrons. The van der Waals surface area contributed by atoms with Crippen LogP contribution < -0.4 is 15.8 Å². The fourth-order valence-electron chi connectivity index (χ4n) is 2.47. The van der Waals surface area contributed by atoms with E-state index in [-0.39, 0.29) is 12.1 Å². The Kier molecular flexibility index (Phi) is 5.83. The molecular weight excluding hydrogens is 252 g/mol. The van der Waals surface area contributed by atoms with E-state index in [1.807, 2.05) is 26.0 Å². The van der Waals surface area contributed by atoms with E-state index in [0.717, 1.165) is 25.3 Å². The molecule has 0 spiro atoms. The van der Waals surface area contributed by atoms with Gasteiger partial charge in [0.15, 0.2) is 0 Å². The molecule has 4 heteroatoms. The molecule has 1 saturated heterocycles. The minimum atomic E-state index is 0.173. The Balaban J connectivity index is 1.89. The van der Waals surface area contributed by atoms with Crippen LogP contribution >= 0.6 is 0 Å². The first-order valence-corrected chi connectivity index (χ1v) is 7.50. The number of hydrogen-bond acceptors (Lipinski definition) is 4.